The Morgan fingerprint density at radius 1 is 0.853 bits per heavy atom. The highest BCUT2D eigenvalue weighted by Gasteiger charge is 2.31. The Kier molecular flexibility index (Phi) is 9.20. The van der Waals surface area contributed by atoms with Crippen LogP contribution in [0.25, 0.3) is 0 Å². The number of rotatable bonds is 11. The molecule has 0 aliphatic heterocycles. The van der Waals surface area contributed by atoms with Crippen LogP contribution in [-0.2, 0) is 43.2 Å². The first kappa shape index (κ1) is 27.7. The first-order valence-electron chi connectivity index (χ1n) is 9.13. The fraction of sp³-hybridized carbons (Fsp3) is 0.222. The molecule has 2 rings (SSSR count). The second kappa shape index (κ2) is 11.3. The Hall–Kier alpha value is -2.51. The fourth-order valence-electron chi connectivity index (χ4n) is 2.75. The van der Waals surface area contributed by atoms with E-state index in [1.54, 1.807) is 22.9 Å². The zero-order valence-electron chi connectivity index (χ0n) is 17.0. The highest BCUT2D eigenvalue weighted by Crippen LogP contribution is 2.20. The highest BCUT2D eigenvalue weighted by atomic mass is 127. The van der Waals surface area contributed by atoms with Crippen molar-refractivity contribution in [1.29, 1.82) is 0 Å². The van der Waals surface area contributed by atoms with Crippen molar-refractivity contribution >= 4 is 55.5 Å². The van der Waals surface area contributed by atoms with Crippen molar-refractivity contribution in [3.05, 3.63) is 59.7 Å². The molecular weight excluding hydrogens is 611 g/mol. The summed E-state index contributed by atoms with van der Waals surface area (Å²) in [4.78, 5) is 24.5. The maximum Gasteiger partial charge on any atom is 0.446 e. The predicted octanol–water partition coefficient (Wildman–Crippen LogP) is 0.794. The zero-order valence-corrected chi connectivity index (χ0v) is 20.8. The summed E-state index contributed by atoms with van der Waals surface area (Å²) in [6.45, 7) is 0. The Morgan fingerprint density at radius 3 is 1.59 bits per heavy atom. The van der Waals surface area contributed by atoms with Crippen LogP contribution in [0.5, 0.6) is 11.5 Å². The van der Waals surface area contributed by atoms with E-state index in [4.69, 9.17) is 14.8 Å². The van der Waals surface area contributed by atoms with Gasteiger partial charge in [-0.2, -0.15) is 16.8 Å². The summed E-state index contributed by atoms with van der Waals surface area (Å²) >= 11 is 1.55. The fourth-order valence-corrected chi connectivity index (χ4v) is 4.25. The van der Waals surface area contributed by atoms with Gasteiger partial charge in [0.25, 0.3) is 0 Å². The summed E-state index contributed by atoms with van der Waals surface area (Å²) in [6.07, 6.45) is -0.136. The van der Waals surface area contributed by atoms with Crippen LogP contribution in [0.15, 0.2) is 48.5 Å². The number of nitrogens with two attached hydrogens (primary N) is 1. The zero-order chi connectivity index (χ0) is 25.7. The standard InChI is InChI=1S/C18H19IN2O11S2/c19-21(16(18(23)24)10-12-3-7-14(8-4-12)32-34(28,29)30)17(22)15(20)9-11-1-5-13(6-2-11)31-33(25,26)27/h1-8,15-16H,9-10,20H2,(H,23,24)(H,25,26,27)(H,28,29,30)/t15-,16-/m0/s1. The SMILES string of the molecule is N[C@@H](Cc1ccc(OS(=O)(=O)O)cc1)C(=O)N(I)[C@@H](Cc1ccc(OS(=O)(=O)O)cc1)C(=O)O. The lowest BCUT2D eigenvalue weighted by molar-refractivity contribution is -0.145. The van der Waals surface area contributed by atoms with E-state index >= 15 is 0 Å². The van der Waals surface area contributed by atoms with Crippen LogP contribution in [0.2, 0.25) is 0 Å². The van der Waals surface area contributed by atoms with Crippen LogP contribution >= 0.6 is 22.9 Å². The number of aliphatic carboxylic acids is 1. The summed E-state index contributed by atoms with van der Waals surface area (Å²) in [6, 6.07) is 8.09. The predicted molar refractivity (Wildman–Crippen MR) is 125 cm³/mol. The molecule has 13 nitrogen and oxygen atoms in total. The second-order valence-electron chi connectivity index (χ2n) is 6.83. The van der Waals surface area contributed by atoms with Gasteiger partial charge in [0.2, 0.25) is 5.91 Å². The molecule has 34 heavy (non-hydrogen) atoms. The number of hydrogen-bond acceptors (Lipinski definition) is 9. The summed E-state index contributed by atoms with van der Waals surface area (Å²) in [5.41, 5.74) is 6.91. The maximum absolute atomic E-state index is 12.7. The van der Waals surface area contributed by atoms with E-state index in [0.29, 0.717) is 11.1 Å². The van der Waals surface area contributed by atoms with E-state index in [9.17, 15) is 31.5 Å². The molecule has 1 amide bonds. The summed E-state index contributed by atoms with van der Waals surface area (Å²) < 4.78 is 69.8. The van der Waals surface area contributed by atoms with Gasteiger partial charge in [0.1, 0.15) is 17.5 Å². The minimum absolute atomic E-state index is 0.00149. The van der Waals surface area contributed by atoms with Gasteiger partial charge in [-0.05, 0) is 41.8 Å². The third-order valence-corrected chi connectivity index (χ3v) is 6.17. The minimum Gasteiger partial charge on any atom is -0.480 e. The van der Waals surface area contributed by atoms with Gasteiger partial charge in [-0.15, -0.1) is 0 Å². The quantitative estimate of drug-likeness (QED) is 0.154. The van der Waals surface area contributed by atoms with Gasteiger partial charge in [-0.1, -0.05) is 24.3 Å². The lowest BCUT2D eigenvalue weighted by Crippen LogP contribution is -2.48. The third kappa shape index (κ3) is 9.03. The summed E-state index contributed by atoms with van der Waals surface area (Å²) in [5.74, 6) is -2.33. The molecule has 0 unspecified atom stereocenters. The minimum atomic E-state index is -4.70. The van der Waals surface area contributed by atoms with Gasteiger partial charge in [-0.25, -0.2) is 4.79 Å². The maximum atomic E-state index is 12.7. The molecule has 2 aromatic rings. The number of carboxylic acid groups (broad SMARTS) is 1. The smallest absolute Gasteiger partial charge is 0.446 e. The lowest BCUT2D eigenvalue weighted by atomic mass is 10.0. The van der Waals surface area contributed by atoms with Gasteiger partial charge in [0.05, 0.1) is 28.9 Å². The van der Waals surface area contributed by atoms with Crippen LogP contribution in [0, 0.1) is 0 Å². The average molecular weight is 630 g/mol. The molecule has 0 aromatic heterocycles. The largest absolute Gasteiger partial charge is 0.480 e. The first-order chi connectivity index (χ1) is 15.6. The van der Waals surface area contributed by atoms with E-state index in [0.717, 1.165) is 3.11 Å². The highest BCUT2D eigenvalue weighted by molar-refractivity contribution is 14.1. The molecule has 186 valence electrons. The Labute approximate surface area is 208 Å². The van der Waals surface area contributed by atoms with Crippen LogP contribution < -0.4 is 14.1 Å². The number of nitrogens with zero attached hydrogens (tertiary/aromatic N) is 1. The normalized spacial score (nSPS) is 13.5. The number of hydrogen-bond donors (Lipinski definition) is 4. The van der Waals surface area contributed by atoms with Crippen LogP contribution in [0.1, 0.15) is 11.1 Å². The van der Waals surface area contributed by atoms with E-state index in [-0.39, 0.29) is 24.3 Å². The van der Waals surface area contributed by atoms with Crippen molar-refractivity contribution in [2.24, 2.45) is 5.73 Å². The number of carboxylic acids is 1. The van der Waals surface area contributed by atoms with Gasteiger partial charge >= 0.3 is 26.8 Å². The van der Waals surface area contributed by atoms with Gasteiger partial charge in [0.15, 0.2) is 0 Å². The van der Waals surface area contributed by atoms with Crippen molar-refractivity contribution < 1.29 is 49.0 Å². The molecule has 0 saturated carbocycles. The van der Waals surface area contributed by atoms with Gasteiger partial charge in [-0.3, -0.25) is 17.0 Å². The second-order valence-corrected chi connectivity index (χ2v) is 9.91. The molecule has 0 bridgehead atoms. The average Bonchev–Trinajstić information content (AvgIpc) is 2.71. The summed E-state index contributed by atoms with van der Waals surface area (Å²) in [7, 11) is -9.38. The molecule has 0 radical (unpaired) electrons. The van der Waals surface area contributed by atoms with Crippen molar-refractivity contribution in [2.75, 3.05) is 0 Å². The lowest BCUT2D eigenvalue weighted by Gasteiger charge is -2.25. The summed E-state index contributed by atoms with van der Waals surface area (Å²) in [5, 5.41) is 9.60. The molecular formula is C18H19IN2O11S2. The van der Waals surface area contributed by atoms with Crippen molar-refractivity contribution in [3.63, 3.8) is 0 Å². The molecule has 0 aliphatic rings. The third-order valence-electron chi connectivity index (χ3n) is 4.22. The van der Waals surface area contributed by atoms with Crippen LogP contribution in [-0.4, -0.2) is 58.1 Å². The van der Waals surface area contributed by atoms with E-state index in [1.165, 1.54) is 48.5 Å². The molecule has 0 aliphatic carbocycles. The number of carbonyl (C=O) groups is 2. The topological polar surface area (TPSA) is 211 Å². The van der Waals surface area contributed by atoms with E-state index in [2.05, 4.69) is 8.37 Å². The molecule has 0 spiro atoms. The van der Waals surface area contributed by atoms with E-state index < -0.39 is 44.8 Å². The van der Waals surface area contributed by atoms with Crippen LogP contribution in [0.4, 0.5) is 0 Å². The molecule has 5 N–H and O–H groups in total. The number of halogens is 1. The Balaban J connectivity index is 2.06. The van der Waals surface area contributed by atoms with Crippen LogP contribution in [0.3, 0.4) is 0 Å². The number of amides is 1. The monoisotopic (exact) mass is 630 g/mol. The molecule has 0 fully saturated rings. The molecule has 16 heteroatoms. The van der Waals surface area contributed by atoms with Crippen molar-refractivity contribution in [1.82, 2.24) is 3.11 Å². The van der Waals surface area contributed by atoms with Crippen molar-refractivity contribution in [2.45, 2.75) is 24.9 Å². The Bertz CT molecular complexity index is 1230. The van der Waals surface area contributed by atoms with Gasteiger partial charge < -0.3 is 19.2 Å². The van der Waals surface area contributed by atoms with E-state index in [1.807, 2.05) is 0 Å². The molecule has 0 heterocycles. The van der Waals surface area contributed by atoms with Crippen molar-refractivity contribution in [3.8, 4) is 11.5 Å². The first-order valence-corrected chi connectivity index (χ1v) is 12.8. The Morgan fingerprint density at radius 2 is 1.24 bits per heavy atom. The number of carbonyl (C=O) groups excluding carboxylic acids is 1. The molecule has 2 aromatic carbocycles. The number of benzene rings is 2. The molecule has 0 saturated heterocycles. The molecule has 2 atom stereocenters. The van der Waals surface area contributed by atoms with Gasteiger partial charge in [0, 0.05) is 6.42 Å².